The molecule has 0 bridgehead atoms. The van der Waals surface area contributed by atoms with Crippen LogP contribution in [0.4, 0.5) is 10.1 Å². The highest BCUT2D eigenvalue weighted by atomic mass is 79.9. The molecule has 1 aliphatic rings. The van der Waals surface area contributed by atoms with Gasteiger partial charge in [0.15, 0.2) is 17.2 Å². The molecule has 0 unspecified atom stereocenters. The first-order valence-electron chi connectivity index (χ1n) is 11.3. The highest BCUT2D eigenvalue weighted by Crippen LogP contribution is 2.40. The van der Waals surface area contributed by atoms with Gasteiger partial charge in [0, 0.05) is 44.4 Å². The number of ketones is 1. The molecule has 1 aliphatic heterocycles. The van der Waals surface area contributed by atoms with Crippen LogP contribution < -0.4 is 19.7 Å². The van der Waals surface area contributed by atoms with Crippen LogP contribution in [0.15, 0.2) is 18.2 Å². The third-order valence-electron chi connectivity index (χ3n) is 5.76. The van der Waals surface area contributed by atoms with Crippen LogP contribution in [0, 0.1) is 5.41 Å². The predicted molar refractivity (Wildman–Crippen MR) is 142 cm³/mol. The molecule has 0 spiro atoms. The number of carbonyl (C=O) groups excluding carboxylic acids is 2. The molecule has 0 radical (unpaired) electrons. The van der Waals surface area contributed by atoms with E-state index in [4.69, 9.17) is 14.9 Å². The number of rotatable bonds is 9. The van der Waals surface area contributed by atoms with E-state index in [-0.39, 0.29) is 52.9 Å². The zero-order chi connectivity index (χ0) is 26.1. The van der Waals surface area contributed by atoms with E-state index in [9.17, 15) is 9.59 Å². The monoisotopic (exact) mass is 565 g/mol. The maximum Gasteiger partial charge on any atom is 0.273 e. The Bertz CT molecular complexity index is 1180. The molecule has 2 aromatic rings. The third kappa shape index (κ3) is 5.61. The smallest absolute Gasteiger partial charge is 0.273 e. The molecule has 9 nitrogen and oxygen atoms in total. The van der Waals surface area contributed by atoms with Crippen molar-refractivity contribution < 1.29 is 23.5 Å². The molecular weight excluding hydrogens is 533 g/mol. The van der Waals surface area contributed by atoms with Crippen molar-refractivity contribution in [2.45, 2.75) is 33.0 Å². The van der Waals surface area contributed by atoms with Crippen LogP contribution in [0.2, 0.25) is 0 Å². The number of pyridine rings is 1. The maximum atomic E-state index is 15.0. The minimum absolute atomic E-state index is 0. The molecule has 0 atom stereocenters. The first-order valence-corrected chi connectivity index (χ1v) is 11.3. The Morgan fingerprint density at radius 2 is 1.94 bits per heavy atom. The van der Waals surface area contributed by atoms with Gasteiger partial charge in [-0.1, -0.05) is 0 Å². The van der Waals surface area contributed by atoms with Crippen molar-refractivity contribution in [3.63, 3.8) is 0 Å². The van der Waals surface area contributed by atoms with Gasteiger partial charge >= 0.3 is 0 Å². The van der Waals surface area contributed by atoms with E-state index in [0.717, 1.165) is 0 Å². The molecule has 0 aliphatic carbocycles. The summed E-state index contributed by atoms with van der Waals surface area (Å²) in [4.78, 5) is 33.3. The lowest BCUT2D eigenvalue weighted by Gasteiger charge is -2.25. The van der Waals surface area contributed by atoms with Gasteiger partial charge in [-0.15, -0.1) is 17.0 Å². The van der Waals surface area contributed by atoms with Crippen molar-refractivity contribution in [2.75, 3.05) is 46.3 Å². The van der Waals surface area contributed by atoms with Gasteiger partial charge in [0.2, 0.25) is 0 Å². The lowest BCUT2D eigenvalue weighted by molar-refractivity contribution is 0.0949. The Hall–Kier alpha value is -3.21. The summed E-state index contributed by atoms with van der Waals surface area (Å²) in [6, 6.07) is 4.87. The Balaban J connectivity index is 0.00000456. The fourth-order valence-electron chi connectivity index (χ4n) is 4.00. The number of amidine groups is 1. The first kappa shape index (κ1) is 29.0. The molecule has 11 heteroatoms. The molecule has 0 saturated carbocycles. The molecule has 3 rings (SSSR count). The number of nitrogens with zero attached hydrogens (tertiary/aromatic N) is 3. The van der Waals surface area contributed by atoms with Crippen LogP contribution in [0.3, 0.4) is 0 Å². The standard InChI is InChI=1S/C25H32FN5O4.BrH/c1-8-35-19-11-15-12-31(23(27)20(15)29-21(19)24(33)28-4)13-18(32)14-9-16(25(2,3)26)22(34-7)17(10-14)30(5)6;/h9-11,27H,8,12-13H2,1-7H3,(H,28,33);1H. The molecule has 196 valence electrons. The van der Waals surface area contributed by atoms with Crippen LogP contribution in [-0.2, 0) is 12.2 Å². The van der Waals surface area contributed by atoms with E-state index in [0.29, 0.717) is 40.6 Å². The molecule has 1 aromatic carbocycles. The highest BCUT2D eigenvalue weighted by Gasteiger charge is 2.32. The Labute approximate surface area is 221 Å². The number of halogens is 2. The molecule has 2 heterocycles. The summed E-state index contributed by atoms with van der Waals surface area (Å²) in [6.45, 7) is 5.13. The molecule has 36 heavy (non-hydrogen) atoms. The largest absolute Gasteiger partial charge is 0.494 e. The van der Waals surface area contributed by atoms with Crippen molar-refractivity contribution in [2.24, 2.45) is 0 Å². The number of methoxy groups -OCH3 is 1. The van der Waals surface area contributed by atoms with E-state index >= 15 is 4.39 Å². The number of carbonyl (C=O) groups is 2. The van der Waals surface area contributed by atoms with Crippen LogP contribution in [0.1, 0.15) is 58.4 Å². The van der Waals surface area contributed by atoms with Gasteiger partial charge in [0.05, 0.1) is 25.9 Å². The number of aromatic nitrogens is 1. The van der Waals surface area contributed by atoms with E-state index < -0.39 is 11.6 Å². The quantitative estimate of drug-likeness (QED) is 0.446. The van der Waals surface area contributed by atoms with Gasteiger partial charge in [-0.2, -0.15) is 0 Å². The highest BCUT2D eigenvalue weighted by molar-refractivity contribution is 8.93. The Kier molecular flexibility index (Phi) is 9.06. The van der Waals surface area contributed by atoms with Crippen molar-refractivity contribution in [3.8, 4) is 11.5 Å². The second-order valence-corrected chi connectivity index (χ2v) is 8.93. The number of Topliss-reactive ketones (excluding diaryl/α,β-unsaturated/α-hetero) is 1. The fraction of sp³-hybridized carbons (Fsp3) is 0.440. The maximum absolute atomic E-state index is 15.0. The van der Waals surface area contributed by atoms with Crippen LogP contribution in [0.5, 0.6) is 11.5 Å². The number of fused-ring (bicyclic) bond motifs is 1. The summed E-state index contributed by atoms with van der Waals surface area (Å²) >= 11 is 0. The number of ether oxygens (including phenoxy) is 2. The van der Waals surface area contributed by atoms with Crippen LogP contribution in [-0.4, -0.2) is 68.8 Å². The zero-order valence-electron chi connectivity index (χ0n) is 21.6. The van der Waals surface area contributed by atoms with Gasteiger partial charge in [-0.05, 0) is 39.0 Å². The number of hydrogen-bond donors (Lipinski definition) is 2. The number of anilines is 1. The lowest BCUT2D eigenvalue weighted by Crippen LogP contribution is -2.31. The van der Waals surface area contributed by atoms with Gasteiger partial charge in [0.25, 0.3) is 5.91 Å². The van der Waals surface area contributed by atoms with E-state index in [1.165, 1.54) is 34.1 Å². The minimum Gasteiger partial charge on any atom is -0.494 e. The Morgan fingerprint density at radius 1 is 1.28 bits per heavy atom. The average molecular weight is 566 g/mol. The van der Waals surface area contributed by atoms with Crippen molar-refractivity contribution in [1.29, 1.82) is 5.41 Å². The summed E-state index contributed by atoms with van der Waals surface area (Å²) in [5, 5.41) is 11.1. The number of nitrogens with one attached hydrogen (secondary N) is 2. The summed E-state index contributed by atoms with van der Waals surface area (Å²) < 4.78 is 26.1. The topological polar surface area (TPSA) is 108 Å². The van der Waals surface area contributed by atoms with Gasteiger partial charge in [0.1, 0.15) is 22.9 Å². The molecule has 0 saturated heterocycles. The Morgan fingerprint density at radius 3 is 2.47 bits per heavy atom. The summed E-state index contributed by atoms with van der Waals surface area (Å²) in [7, 11) is 6.55. The molecular formula is C25H33BrFN5O4. The number of amides is 1. The summed E-state index contributed by atoms with van der Waals surface area (Å²) in [5.74, 6) is 0.0284. The van der Waals surface area contributed by atoms with Crippen LogP contribution in [0.25, 0.3) is 0 Å². The molecule has 1 aromatic heterocycles. The van der Waals surface area contributed by atoms with Gasteiger partial charge in [-0.25, -0.2) is 9.37 Å². The van der Waals surface area contributed by atoms with Crippen molar-refractivity contribution in [3.05, 3.63) is 46.3 Å². The first-order chi connectivity index (χ1) is 16.4. The zero-order valence-corrected chi connectivity index (χ0v) is 23.3. The van der Waals surface area contributed by atoms with Crippen LogP contribution >= 0.6 is 17.0 Å². The number of alkyl halides is 1. The average Bonchev–Trinajstić information content (AvgIpc) is 3.10. The molecule has 1 amide bonds. The van der Waals surface area contributed by atoms with E-state index in [1.807, 2.05) is 0 Å². The van der Waals surface area contributed by atoms with Crippen molar-refractivity contribution >= 4 is 40.2 Å². The second-order valence-electron chi connectivity index (χ2n) is 8.93. The van der Waals surface area contributed by atoms with E-state index in [2.05, 4.69) is 10.3 Å². The SMILES string of the molecule is Br.CCOc1cc2c(nc1C(=O)NC)C(=N)N(CC(=O)c1cc(N(C)C)c(OC)c(C(C)(C)F)c1)C2. The number of hydrogen-bond acceptors (Lipinski definition) is 7. The number of benzene rings is 1. The summed E-state index contributed by atoms with van der Waals surface area (Å²) in [6.07, 6.45) is 0. The molecule has 2 N–H and O–H groups in total. The van der Waals surface area contributed by atoms with Gasteiger partial charge in [-0.3, -0.25) is 15.0 Å². The molecule has 0 fully saturated rings. The fourth-order valence-corrected chi connectivity index (χ4v) is 4.00. The summed E-state index contributed by atoms with van der Waals surface area (Å²) in [5.41, 5.74) is 0.533. The lowest BCUT2D eigenvalue weighted by atomic mass is 9.94. The normalized spacial score (nSPS) is 12.6. The second kappa shape index (κ2) is 11.2. The van der Waals surface area contributed by atoms with Gasteiger partial charge < -0.3 is 24.6 Å². The third-order valence-corrected chi connectivity index (χ3v) is 5.76. The predicted octanol–water partition coefficient (Wildman–Crippen LogP) is 3.72. The van der Waals surface area contributed by atoms with E-state index in [1.54, 1.807) is 43.0 Å². The minimum atomic E-state index is -1.74. The van der Waals surface area contributed by atoms with Crippen molar-refractivity contribution in [1.82, 2.24) is 15.2 Å².